The Morgan fingerprint density at radius 1 is 0.782 bits per heavy atom. The Balaban J connectivity index is 1.50. The highest BCUT2D eigenvalue weighted by atomic mass is 35.5. The molecule has 4 aromatic rings. The van der Waals surface area contributed by atoms with Crippen molar-refractivity contribution in [2.75, 3.05) is 11.4 Å². The van der Waals surface area contributed by atoms with E-state index >= 15 is 8.78 Å². The Morgan fingerprint density at radius 2 is 1.35 bits per heavy atom. The third-order valence-electron chi connectivity index (χ3n) is 8.94. The molecule has 0 aliphatic heterocycles. The molecule has 292 valence electrons. The van der Waals surface area contributed by atoms with Gasteiger partial charge in [0.05, 0.1) is 24.3 Å². The molecule has 2 saturated carbocycles. The summed E-state index contributed by atoms with van der Waals surface area (Å²) in [6.07, 6.45) is -2.09. The minimum absolute atomic E-state index is 0.0497. The zero-order chi connectivity index (χ0) is 40.1. The fraction of sp³-hybridized carbons (Fsp3) is 0.278. The van der Waals surface area contributed by atoms with Crippen LogP contribution in [0.4, 0.5) is 45.2 Å². The normalized spacial score (nSPS) is 14.7. The number of ether oxygens (including phenoxy) is 1. The van der Waals surface area contributed by atoms with Gasteiger partial charge < -0.3 is 14.7 Å². The second kappa shape index (κ2) is 15.0. The van der Waals surface area contributed by atoms with Gasteiger partial charge in [-0.15, -0.1) is 13.2 Å². The molecule has 0 atom stereocenters. The van der Waals surface area contributed by atoms with Crippen LogP contribution in [0.15, 0.2) is 59.5 Å². The summed E-state index contributed by atoms with van der Waals surface area (Å²) in [6, 6.07) is 9.80. The van der Waals surface area contributed by atoms with Crippen molar-refractivity contribution in [1.82, 2.24) is 4.31 Å². The maximum Gasteiger partial charge on any atom is 0.573 e. The largest absolute Gasteiger partial charge is 0.573 e. The molecule has 8 nitrogen and oxygen atoms in total. The monoisotopic (exact) mass is 820 g/mol. The molecule has 2 aliphatic carbocycles. The van der Waals surface area contributed by atoms with Crippen LogP contribution in [-0.2, 0) is 27.9 Å². The van der Waals surface area contributed by atoms with Crippen LogP contribution in [0.3, 0.4) is 0 Å². The Bertz CT molecular complexity index is 2260. The minimum atomic E-state index is -5.96. The van der Waals surface area contributed by atoms with Crippen LogP contribution in [0.5, 0.6) is 5.75 Å². The minimum Gasteiger partial charge on any atom is -0.478 e. The molecular formula is C36H26ClF9N2O6S. The summed E-state index contributed by atoms with van der Waals surface area (Å²) in [6.45, 7) is -3.32. The van der Waals surface area contributed by atoms with Crippen molar-refractivity contribution in [2.45, 2.75) is 61.9 Å². The zero-order valence-electron chi connectivity index (χ0n) is 27.9. The van der Waals surface area contributed by atoms with Gasteiger partial charge in [0, 0.05) is 11.6 Å². The Hall–Kier alpha value is -4.81. The first-order valence-electron chi connectivity index (χ1n) is 16.3. The fourth-order valence-corrected chi connectivity index (χ4v) is 7.66. The molecule has 0 saturated heterocycles. The fourth-order valence-electron chi connectivity index (χ4n) is 5.95. The van der Waals surface area contributed by atoms with E-state index in [9.17, 15) is 53.8 Å². The molecule has 6 rings (SSSR count). The molecule has 4 aromatic carbocycles. The van der Waals surface area contributed by atoms with Crippen LogP contribution in [0, 0.1) is 34.9 Å². The van der Waals surface area contributed by atoms with Gasteiger partial charge in [-0.3, -0.25) is 4.79 Å². The van der Waals surface area contributed by atoms with Gasteiger partial charge in [0.2, 0.25) is 21.7 Å². The molecule has 0 aromatic heterocycles. The lowest BCUT2D eigenvalue weighted by Gasteiger charge is -2.29. The van der Waals surface area contributed by atoms with Gasteiger partial charge in [-0.1, -0.05) is 35.9 Å². The molecule has 0 unspecified atom stereocenters. The standard InChI is InChI=1S/C36H26ClF9N2O6S/c37-25-13-24(38)7-5-21(25)15-47(55(52,53)34-32(42)30(40)29(39)31(41)33(34)43)16-28(49)48(26-8-6-20(35(50)51)12-27(26)54-36(44,45)46)14-17-9-22(18-1-2-18)11-23(10-17)19-3-4-19/h5-13,18-19H,1-4,14-16H2,(H,50,51). The van der Waals surface area contributed by atoms with Crippen molar-refractivity contribution in [3.8, 4) is 5.75 Å². The van der Waals surface area contributed by atoms with Crippen molar-refractivity contribution < 1.29 is 67.4 Å². The maximum absolute atomic E-state index is 15.0. The first-order valence-corrected chi connectivity index (χ1v) is 18.1. The number of hydrogen-bond donors (Lipinski definition) is 1. The highest BCUT2D eigenvalue weighted by Crippen LogP contribution is 2.46. The number of halogens is 10. The van der Waals surface area contributed by atoms with Crippen LogP contribution in [0.2, 0.25) is 5.02 Å². The van der Waals surface area contributed by atoms with Crippen LogP contribution in [0.25, 0.3) is 0 Å². The van der Waals surface area contributed by atoms with Crippen molar-refractivity contribution in [3.63, 3.8) is 0 Å². The van der Waals surface area contributed by atoms with Crippen LogP contribution in [-0.4, -0.2) is 42.6 Å². The molecule has 1 amide bonds. The number of sulfonamides is 1. The number of carboxylic acids is 1. The molecule has 2 fully saturated rings. The quantitative estimate of drug-likeness (QED) is 0.0821. The number of nitrogens with zero attached hydrogens (tertiary/aromatic N) is 2. The maximum atomic E-state index is 15.0. The number of anilines is 1. The Kier molecular flexibility index (Phi) is 10.9. The van der Waals surface area contributed by atoms with Gasteiger partial charge >= 0.3 is 12.3 Å². The van der Waals surface area contributed by atoms with E-state index in [1.807, 2.05) is 6.07 Å². The molecular weight excluding hydrogens is 795 g/mol. The van der Waals surface area contributed by atoms with Crippen LogP contribution < -0.4 is 9.64 Å². The lowest BCUT2D eigenvalue weighted by Crippen LogP contribution is -2.43. The van der Waals surface area contributed by atoms with E-state index in [0.29, 0.717) is 22.6 Å². The Labute approximate surface area is 311 Å². The van der Waals surface area contributed by atoms with Crippen LogP contribution >= 0.6 is 11.6 Å². The predicted octanol–water partition coefficient (Wildman–Crippen LogP) is 8.95. The van der Waals surface area contributed by atoms with Gasteiger partial charge in [-0.25, -0.2) is 39.6 Å². The van der Waals surface area contributed by atoms with Gasteiger partial charge in [0.25, 0.3) is 0 Å². The van der Waals surface area contributed by atoms with E-state index in [2.05, 4.69) is 4.74 Å². The predicted molar refractivity (Wildman–Crippen MR) is 177 cm³/mol. The van der Waals surface area contributed by atoms with Gasteiger partial charge in [0.15, 0.2) is 33.9 Å². The van der Waals surface area contributed by atoms with Gasteiger partial charge in [-0.05, 0) is 90.1 Å². The Morgan fingerprint density at radius 3 is 1.85 bits per heavy atom. The highest BCUT2D eigenvalue weighted by molar-refractivity contribution is 7.89. The molecule has 1 N–H and O–H groups in total. The summed E-state index contributed by atoms with van der Waals surface area (Å²) >= 11 is 6.07. The van der Waals surface area contributed by atoms with E-state index in [-0.39, 0.29) is 21.7 Å². The van der Waals surface area contributed by atoms with Crippen LogP contribution in [0.1, 0.15) is 70.1 Å². The average molecular weight is 821 g/mol. The number of carboxylic acid groups (broad SMARTS) is 1. The summed E-state index contributed by atoms with van der Waals surface area (Å²) in [5.41, 5.74) is 0.306. The first kappa shape index (κ1) is 39.9. The molecule has 19 heteroatoms. The SMILES string of the molecule is O=C(O)c1ccc(N(Cc2cc(C3CC3)cc(C3CC3)c2)C(=O)CN(Cc2ccc(F)cc2Cl)S(=O)(=O)c2c(F)c(F)c(F)c(F)c2F)c(OC(F)(F)F)c1. The number of alkyl halides is 3. The molecule has 0 radical (unpaired) electrons. The summed E-state index contributed by atoms with van der Waals surface area (Å²) in [5, 5.41) is 9.00. The van der Waals surface area contributed by atoms with Gasteiger partial charge in [0.1, 0.15) is 5.82 Å². The summed E-state index contributed by atoms with van der Waals surface area (Å²) < 4.78 is 160. The van der Waals surface area contributed by atoms with Crippen molar-refractivity contribution in [2.24, 2.45) is 0 Å². The highest BCUT2D eigenvalue weighted by Gasteiger charge is 2.40. The summed E-state index contributed by atoms with van der Waals surface area (Å²) in [7, 11) is -5.96. The molecule has 55 heavy (non-hydrogen) atoms. The number of amides is 1. The first-order chi connectivity index (χ1) is 25.7. The number of carbonyl (C=O) groups is 2. The second-order valence-electron chi connectivity index (χ2n) is 13.0. The third kappa shape index (κ3) is 8.70. The number of carbonyl (C=O) groups excluding carboxylic acids is 1. The van der Waals surface area contributed by atoms with E-state index in [4.69, 9.17) is 11.6 Å². The van der Waals surface area contributed by atoms with E-state index in [0.717, 1.165) is 61.1 Å². The molecule has 0 heterocycles. The summed E-state index contributed by atoms with van der Waals surface area (Å²) in [5.74, 6) is -18.5. The van der Waals surface area contributed by atoms with Crippen molar-refractivity contribution >= 4 is 39.2 Å². The number of hydrogen-bond acceptors (Lipinski definition) is 5. The topological polar surface area (TPSA) is 104 Å². The number of rotatable bonds is 13. The second-order valence-corrected chi connectivity index (χ2v) is 15.3. The smallest absolute Gasteiger partial charge is 0.478 e. The average Bonchev–Trinajstić information content (AvgIpc) is 4.03. The number of benzene rings is 4. The van der Waals surface area contributed by atoms with E-state index in [1.54, 1.807) is 12.1 Å². The van der Waals surface area contributed by atoms with Crippen molar-refractivity contribution in [3.05, 3.63) is 122 Å². The molecule has 2 aliphatic rings. The lowest BCUT2D eigenvalue weighted by molar-refractivity contribution is -0.274. The van der Waals surface area contributed by atoms with Crippen molar-refractivity contribution in [1.29, 1.82) is 0 Å². The zero-order valence-corrected chi connectivity index (χ0v) is 29.4. The van der Waals surface area contributed by atoms with Gasteiger partial charge in [-0.2, -0.15) is 4.31 Å². The molecule has 0 bridgehead atoms. The number of aromatic carboxylic acids is 1. The lowest BCUT2D eigenvalue weighted by atomic mass is 9.99. The third-order valence-corrected chi connectivity index (χ3v) is 11.1. The molecule has 0 spiro atoms. The summed E-state index contributed by atoms with van der Waals surface area (Å²) in [4.78, 5) is 24.4. The van der Waals surface area contributed by atoms with E-state index in [1.165, 1.54) is 0 Å². The van der Waals surface area contributed by atoms with E-state index < -0.39 is 110 Å².